The van der Waals surface area contributed by atoms with Gasteiger partial charge in [0.15, 0.2) is 5.84 Å². The molecule has 5 nitrogen and oxygen atoms in total. The van der Waals surface area contributed by atoms with E-state index in [1.54, 1.807) is 0 Å². The first kappa shape index (κ1) is 31.3. The van der Waals surface area contributed by atoms with Crippen molar-refractivity contribution in [1.29, 1.82) is 0 Å². The van der Waals surface area contributed by atoms with E-state index in [0.29, 0.717) is 24.1 Å². The minimum absolute atomic E-state index is 0.199. The molecule has 2 aromatic heterocycles. The molecular formula is C48H37N3O2. The molecule has 0 bridgehead atoms. The molecule has 3 atom stereocenters. The first-order chi connectivity index (χ1) is 26.1. The van der Waals surface area contributed by atoms with Gasteiger partial charge in [-0.25, -0.2) is 4.99 Å². The zero-order chi connectivity index (χ0) is 35.5. The highest BCUT2D eigenvalue weighted by molar-refractivity contribution is 6.23. The molecule has 2 N–H and O–H groups in total. The van der Waals surface area contributed by atoms with Crippen molar-refractivity contribution in [3.05, 3.63) is 179 Å². The number of allylic oxidation sites excluding steroid dienone is 4. The van der Waals surface area contributed by atoms with E-state index in [0.717, 1.165) is 72.9 Å². The van der Waals surface area contributed by atoms with Crippen LogP contribution in [0.2, 0.25) is 0 Å². The van der Waals surface area contributed by atoms with Crippen molar-refractivity contribution >= 4 is 56.7 Å². The number of hydrogen-bond donors (Lipinski definition) is 1. The van der Waals surface area contributed by atoms with Crippen LogP contribution in [-0.4, -0.2) is 11.7 Å². The van der Waals surface area contributed by atoms with Crippen LogP contribution in [0.3, 0.4) is 0 Å². The smallest absolute Gasteiger partial charge is 0.157 e. The summed E-state index contributed by atoms with van der Waals surface area (Å²) in [6.07, 6.45) is 16.5. The Morgan fingerprint density at radius 1 is 0.755 bits per heavy atom. The average Bonchev–Trinajstić information content (AvgIpc) is 3.77. The van der Waals surface area contributed by atoms with Gasteiger partial charge in [-0.2, -0.15) is 0 Å². The highest BCUT2D eigenvalue weighted by Gasteiger charge is 2.27. The molecule has 7 aromatic rings. The standard InChI is InChI=1S/C48H37N3O2/c1-29-17-23-41-39(25-29)40-27-33(21-24-42(40)52-41)37-13-7-15-43-45(37)46-38(14-8-16-44(46)53-43)47(49)51-48(50-28-30-9-3-2-4-10-30)34-20-22-36-32(26-34)19-18-31-11-5-6-12-35(31)36/h2-24,26-27,29,32,36H,25,28H2,1H3,(H2,49,50,51). The highest BCUT2D eigenvalue weighted by Crippen LogP contribution is 2.42. The second-order valence-electron chi connectivity index (χ2n) is 14.4. The molecular weight excluding hydrogens is 651 g/mol. The Bertz CT molecular complexity index is 2770. The Balaban J connectivity index is 1.09. The van der Waals surface area contributed by atoms with Crippen LogP contribution in [-0.2, 0) is 13.0 Å². The zero-order valence-corrected chi connectivity index (χ0v) is 29.4. The van der Waals surface area contributed by atoms with E-state index in [-0.39, 0.29) is 11.8 Å². The summed E-state index contributed by atoms with van der Waals surface area (Å²) in [4.78, 5) is 10.2. The summed E-state index contributed by atoms with van der Waals surface area (Å²) in [5.74, 6) is 2.90. The van der Waals surface area contributed by atoms with Crippen LogP contribution in [0.25, 0.3) is 56.2 Å². The Hall–Kier alpha value is -6.46. The number of aliphatic imine (C=N–C) groups is 2. The number of benzene rings is 5. The fourth-order valence-corrected chi connectivity index (χ4v) is 8.28. The average molecular weight is 688 g/mol. The van der Waals surface area contributed by atoms with Gasteiger partial charge in [0.2, 0.25) is 0 Å². The SMILES string of the molecule is CC1C=Cc2oc3ccc(-c4cccc5oc6cccc(C(N)=NC(=NCc7ccccc7)C7=CC8C=Cc9ccccc9C8C=C7)c6c45)cc3c2C1. The van der Waals surface area contributed by atoms with E-state index in [9.17, 15) is 0 Å². The molecule has 5 heteroatoms. The lowest BCUT2D eigenvalue weighted by atomic mass is 9.76. The van der Waals surface area contributed by atoms with Crippen molar-refractivity contribution in [1.82, 2.24) is 0 Å². The lowest BCUT2D eigenvalue weighted by Crippen LogP contribution is -2.20. The number of amidine groups is 2. The van der Waals surface area contributed by atoms with Crippen LogP contribution in [0.4, 0.5) is 0 Å². The molecule has 5 aromatic carbocycles. The molecule has 0 aliphatic heterocycles. The first-order valence-electron chi connectivity index (χ1n) is 18.4. The summed E-state index contributed by atoms with van der Waals surface area (Å²) in [6.45, 7) is 2.73. The fourth-order valence-electron chi connectivity index (χ4n) is 8.28. The second-order valence-corrected chi connectivity index (χ2v) is 14.4. The summed E-state index contributed by atoms with van der Waals surface area (Å²) in [7, 11) is 0. The van der Waals surface area contributed by atoms with E-state index in [1.165, 1.54) is 16.7 Å². The summed E-state index contributed by atoms with van der Waals surface area (Å²) >= 11 is 0. The Morgan fingerprint density at radius 2 is 1.58 bits per heavy atom. The highest BCUT2D eigenvalue weighted by atomic mass is 16.3. The third kappa shape index (κ3) is 5.48. The Morgan fingerprint density at radius 3 is 2.49 bits per heavy atom. The minimum atomic E-state index is 0.199. The van der Waals surface area contributed by atoms with E-state index in [2.05, 4.69) is 116 Å². The van der Waals surface area contributed by atoms with Gasteiger partial charge in [-0.05, 0) is 70.5 Å². The quantitative estimate of drug-likeness (QED) is 0.144. The molecule has 0 saturated heterocycles. The van der Waals surface area contributed by atoms with Gasteiger partial charge >= 0.3 is 0 Å². The van der Waals surface area contributed by atoms with Gasteiger partial charge in [-0.1, -0.05) is 128 Å². The Kier molecular flexibility index (Phi) is 7.46. The normalized spacial score (nSPS) is 19.4. The number of nitrogens with zero attached hydrogens (tertiary/aromatic N) is 2. The predicted octanol–water partition coefficient (Wildman–Crippen LogP) is 11.4. The van der Waals surface area contributed by atoms with Gasteiger partial charge in [0.05, 0.1) is 6.54 Å². The third-order valence-electron chi connectivity index (χ3n) is 10.9. The summed E-state index contributed by atoms with van der Waals surface area (Å²) in [5.41, 5.74) is 18.5. The topological polar surface area (TPSA) is 77.0 Å². The van der Waals surface area contributed by atoms with Crippen LogP contribution >= 0.6 is 0 Å². The maximum atomic E-state index is 7.06. The van der Waals surface area contributed by atoms with E-state index in [1.807, 2.05) is 42.5 Å². The minimum Gasteiger partial charge on any atom is -0.456 e. The summed E-state index contributed by atoms with van der Waals surface area (Å²) in [5, 5.41) is 3.11. The molecule has 10 rings (SSSR count). The van der Waals surface area contributed by atoms with E-state index < -0.39 is 0 Å². The number of nitrogens with two attached hydrogens (primary N) is 1. The summed E-state index contributed by atoms with van der Waals surface area (Å²) < 4.78 is 12.7. The maximum Gasteiger partial charge on any atom is 0.157 e. The van der Waals surface area contributed by atoms with Crippen molar-refractivity contribution in [3.8, 4) is 11.1 Å². The fraction of sp³-hybridized carbons (Fsp3) is 0.125. The largest absolute Gasteiger partial charge is 0.456 e. The van der Waals surface area contributed by atoms with Gasteiger partial charge in [-0.15, -0.1) is 0 Å². The molecule has 53 heavy (non-hydrogen) atoms. The van der Waals surface area contributed by atoms with Crippen molar-refractivity contribution in [2.45, 2.75) is 25.8 Å². The van der Waals surface area contributed by atoms with Gasteiger partial charge in [0.1, 0.15) is 28.3 Å². The number of fused-ring (bicyclic) bond motifs is 9. The first-order valence-corrected chi connectivity index (χ1v) is 18.4. The molecule has 3 aliphatic carbocycles. The number of hydrogen-bond acceptors (Lipinski definition) is 3. The molecule has 0 spiro atoms. The van der Waals surface area contributed by atoms with Crippen molar-refractivity contribution < 1.29 is 8.83 Å². The van der Waals surface area contributed by atoms with Gasteiger partial charge in [-0.3, -0.25) is 4.99 Å². The lowest BCUT2D eigenvalue weighted by molar-refractivity contribution is 0.584. The Labute approximate surface area is 307 Å². The molecule has 3 unspecified atom stereocenters. The van der Waals surface area contributed by atoms with Crippen LogP contribution in [0.5, 0.6) is 0 Å². The third-order valence-corrected chi connectivity index (χ3v) is 10.9. The van der Waals surface area contributed by atoms with Crippen LogP contribution in [0.15, 0.2) is 164 Å². The second kappa shape index (κ2) is 12.6. The van der Waals surface area contributed by atoms with Crippen molar-refractivity contribution in [3.63, 3.8) is 0 Å². The monoisotopic (exact) mass is 687 g/mol. The molecule has 256 valence electrons. The van der Waals surface area contributed by atoms with Crippen LogP contribution in [0.1, 0.15) is 46.4 Å². The molecule has 0 saturated carbocycles. The van der Waals surface area contributed by atoms with Crippen molar-refractivity contribution in [2.24, 2.45) is 27.6 Å². The van der Waals surface area contributed by atoms with Crippen LogP contribution in [0, 0.1) is 11.8 Å². The van der Waals surface area contributed by atoms with Gasteiger partial charge in [0.25, 0.3) is 0 Å². The van der Waals surface area contributed by atoms with Gasteiger partial charge < -0.3 is 14.6 Å². The lowest BCUT2D eigenvalue weighted by Gasteiger charge is -2.28. The zero-order valence-electron chi connectivity index (χ0n) is 29.4. The molecule has 0 radical (unpaired) electrons. The van der Waals surface area contributed by atoms with Gasteiger partial charge in [0, 0.05) is 44.7 Å². The molecule has 0 fully saturated rings. The van der Waals surface area contributed by atoms with E-state index >= 15 is 0 Å². The molecule has 0 amide bonds. The molecule has 2 heterocycles. The van der Waals surface area contributed by atoms with Crippen molar-refractivity contribution in [2.75, 3.05) is 0 Å². The van der Waals surface area contributed by atoms with Crippen LogP contribution < -0.4 is 5.73 Å². The predicted molar refractivity (Wildman–Crippen MR) is 218 cm³/mol. The van der Waals surface area contributed by atoms with E-state index in [4.69, 9.17) is 24.6 Å². The molecule has 3 aliphatic rings. The number of rotatable bonds is 5. The number of furan rings is 2. The maximum absolute atomic E-state index is 7.06. The summed E-state index contributed by atoms with van der Waals surface area (Å²) in [6, 6.07) is 37.6.